The van der Waals surface area contributed by atoms with Crippen molar-refractivity contribution < 1.29 is 19.9 Å². The molecular formula is C21H32N2O5. The number of hydrogen-bond donors (Lipinski definition) is 2. The van der Waals surface area contributed by atoms with Gasteiger partial charge >= 0.3 is 5.97 Å². The van der Waals surface area contributed by atoms with Crippen molar-refractivity contribution in [3.8, 4) is 0 Å². The third-order valence-electron chi connectivity index (χ3n) is 5.46. The molecule has 1 atom stereocenters. The lowest BCUT2D eigenvalue weighted by atomic mass is 9.90. The molecule has 1 aromatic carbocycles. The van der Waals surface area contributed by atoms with Gasteiger partial charge in [-0.25, -0.2) is 0 Å². The molecule has 0 heterocycles. The average Bonchev–Trinajstić information content (AvgIpc) is 2.63. The van der Waals surface area contributed by atoms with Gasteiger partial charge in [0.15, 0.2) is 0 Å². The fraction of sp³-hybridized carbons (Fsp3) is 0.667. The van der Waals surface area contributed by atoms with Gasteiger partial charge in [-0.2, -0.15) is 0 Å². The molecule has 0 aliphatic heterocycles. The van der Waals surface area contributed by atoms with Gasteiger partial charge in [0.1, 0.15) is 5.69 Å². The zero-order valence-corrected chi connectivity index (χ0v) is 17.1. The molecule has 1 fully saturated rings. The Morgan fingerprint density at radius 2 is 1.96 bits per heavy atom. The van der Waals surface area contributed by atoms with Crippen molar-refractivity contribution in [1.29, 1.82) is 0 Å². The summed E-state index contributed by atoms with van der Waals surface area (Å²) in [6, 6.07) is 5.22. The van der Waals surface area contributed by atoms with E-state index in [0.29, 0.717) is 24.2 Å². The molecule has 2 N–H and O–H groups in total. The molecule has 28 heavy (non-hydrogen) atoms. The molecule has 2 rings (SSSR count). The summed E-state index contributed by atoms with van der Waals surface area (Å²) >= 11 is 0. The van der Waals surface area contributed by atoms with E-state index in [2.05, 4.69) is 0 Å². The number of anilines is 1. The van der Waals surface area contributed by atoms with E-state index in [4.69, 9.17) is 5.11 Å². The molecule has 0 bridgehead atoms. The Balaban J connectivity index is 2.46. The van der Waals surface area contributed by atoms with E-state index in [1.165, 1.54) is 12.5 Å². The highest BCUT2D eigenvalue weighted by Gasteiger charge is 2.31. The molecule has 0 aromatic heterocycles. The Bertz CT molecular complexity index is 693. The lowest BCUT2D eigenvalue weighted by Gasteiger charge is -2.39. The predicted molar refractivity (Wildman–Crippen MR) is 109 cm³/mol. The SMILES string of the molecule is CCC(CC(=O)O)c1ccc(N(CC(C)(C)O)C2CCCCC2)c([N+](=O)[O-])c1. The fourth-order valence-corrected chi connectivity index (χ4v) is 4.11. The Morgan fingerprint density at radius 3 is 2.46 bits per heavy atom. The first-order valence-corrected chi connectivity index (χ1v) is 10.1. The third kappa shape index (κ3) is 5.92. The van der Waals surface area contributed by atoms with Gasteiger partial charge in [0, 0.05) is 18.7 Å². The second kappa shape index (κ2) is 9.37. The number of aliphatic carboxylic acids is 1. The number of nitro groups is 1. The van der Waals surface area contributed by atoms with Crippen LogP contribution in [0.15, 0.2) is 18.2 Å². The summed E-state index contributed by atoms with van der Waals surface area (Å²) in [7, 11) is 0. The van der Waals surface area contributed by atoms with Crippen LogP contribution in [0.1, 0.15) is 77.2 Å². The number of rotatable bonds is 9. The molecule has 1 unspecified atom stereocenters. The molecule has 0 amide bonds. The zero-order valence-electron chi connectivity index (χ0n) is 17.1. The van der Waals surface area contributed by atoms with Gasteiger partial charge in [0.05, 0.1) is 16.9 Å². The minimum Gasteiger partial charge on any atom is -0.481 e. The van der Waals surface area contributed by atoms with Crippen molar-refractivity contribution in [2.75, 3.05) is 11.4 Å². The molecule has 1 aliphatic rings. The van der Waals surface area contributed by atoms with E-state index in [1.807, 2.05) is 11.8 Å². The minimum absolute atomic E-state index is 0.0174. The second-order valence-corrected chi connectivity index (χ2v) is 8.44. The molecular weight excluding hydrogens is 360 g/mol. The summed E-state index contributed by atoms with van der Waals surface area (Å²) in [5.41, 5.74) is 0.176. The number of nitro benzene ring substituents is 1. The van der Waals surface area contributed by atoms with E-state index >= 15 is 0 Å². The van der Waals surface area contributed by atoms with E-state index in [0.717, 1.165) is 25.7 Å². The number of aliphatic hydroxyl groups is 1. The maximum absolute atomic E-state index is 11.9. The highest BCUT2D eigenvalue weighted by atomic mass is 16.6. The van der Waals surface area contributed by atoms with Crippen LogP contribution in [-0.2, 0) is 4.79 Å². The van der Waals surface area contributed by atoms with Crippen LogP contribution in [0.3, 0.4) is 0 Å². The van der Waals surface area contributed by atoms with Gasteiger partial charge in [0.25, 0.3) is 5.69 Å². The van der Waals surface area contributed by atoms with E-state index in [-0.39, 0.29) is 24.1 Å². The van der Waals surface area contributed by atoms with Crippen LogP contribution in [0.2, 0.25) is 0 Å². The fourth-order valence-electron chi connectivity index (χ4n) is 4.11. The Hall–Kier alpha value is -2.15. The molecule has 0 saturated heterocycles. The molecule has 7 heteroatoms. The van der Waals surface area contributed by atoms with Crippen molar-refractivity contribution in [1.82, 2.24) is 0 Å². The second-order valence-electron chi connectivity index (χ2n) is 8.44. The lowest BCUT2D eigenvalue weighted by molar-refractivity contribution is -0.384. The van der Waals surface area contributed by atoms with Crippen LogP contribution in [-0.4, -0.2) is 39.3 Å². The van der Waals surface area contributed by atoms with Gasteiger partial charge in [-0.15, -0.1) is 0 Å². The summed E-state index contributed by atoms with van der Waals surface area (Å²) in [5.74, 6) is -1.17. The standard InChI is InChI=1S/C21H32N2O5/c1-4-15(13-20(24)25)16-10-11-18(19(12-16)23(27)28)22(14-21(2,3)26)17-8-6-5-7-9-17/h10-12,15,17,26H,4-9,13-14H2,1-3H3,(H,24,25). The minimum atomic E-state index is -0.987. The first-order chi connectivity index (χ1) is 13.1. The maximum Gasteiger partial charge on any atom is 0.303 e. The van der Waals surface area contributed by atoms with Crippen LogP contribution >= 0.6 is 0 Å². The zero-order chi connectivity index (χ0) is 20.9. The molecule has 1 saturated carbocycles. The largest absolute Gasteiger partial charge is 0.481 e. The molecule has 0 radical (unpaired) electrons. The van der Waals surface area contributed by atoms with Crippen LogP contribution in [0.5, 0.6) is 0 Å². The van der Waals surface area contributed by atoms with Crippen molar-refractivity contribution >= 4 is 17.3 Å². The topological polar surface area (TPSA) is 104 Å². The normalized spacial score (nSPS) is 16.6. The molecule has 7 nitrogen and oxygen atoms in total. The van der Waals surface area contributed by atoms with Crippen molar-refractivity contribution in [3.63, 3.8) is 0 Å². The van der Waals surface area contributed by atoms with Gasteiger partial charge < -0.3 is 15.1 Å². The van der Waals surface area contributed by atoms with Crippen LogP contribution < -0.4 is 4.90 Å². The highest BCUT2D eigenvalue weighted by Crippen LogP contribution is 2.37. The Morgan fingerprint density at radius 1 is 1.32 bits per heavy atom. The summed E-state index contributed by atoms with van der Waals surface area (Å²) in [4.78, 5) is 24.6. The predicted octanol–water partition coefficient (Wildman–Crippen LogP) is 4.47. The Labute approximate surface area is 166 Å². The molecule has 156 valence electrons. The van der Waals surface area contributed by atoms with E-state index < -0.39 is 16.5 Å². The number of carboxylic acids is 1. The third-order valence-corrected chi connectivity index (χ3v) is 5.46. The monoisotopic (exact) mass is 392 g/mol. The van der Waals surface area contributed by atoms with Crippen LogP contribution in [0.4, 0.5) is 11.4 Å². The van der Waals surface area contributed by atoms with Crippen molar-refractivity contribution in [2.24, 2.45) is 0 Å². The number of carbonyl (C=O) groups is 1. The van der Waals surface area contributed by atoms with Gasteiger partial charge in [-0.1, -0.05) is 32.3 Å². The summed E-state index contributed by atoms with van der Waals surface area (Å²) < 4.78 is 0. The summed E-state index contributed by atoms with van der Waals surface area (Å²) in [6.07, 6.45) is 5.77. The van der Waals surface area contributed by atoms with E-state index in [1.54, 1.807) is 26.0 Å². The number of hydrogen-bond acceptors (Lipinski definition) is 5. The molecule has 1 aliphatic carbocycles. The van der Waals surface area contributed by atoms with Gasteiger partial charge in [0.2, 0.25) is 0 Å². The molecule has 1 aromatic rings. The van der Waals surface area contributed by atoms with Crippen LogP contribution in [0.25, 0.3) is 0 Å². The quantitative estimate of drug-likeness (QED) is 0.474. The lowest BCUT2D eigenvalue weighted by Crippen LogP contribution is -2.45. The maximum atomic E-state index is 11.9. The summed E-state index contributed by atoms with van der Waals surface area (Å²) in [6.45, 7) is 5.62. The van der Waals surface area contributed by atoms with Crippen molar-refractivity contribution in [2.45, 2.75) is 83.3 Å². The first-order valence-electron chi connectivity index (χ1n) is 10.1. The average molecular weight is 392 g/mol. The number of benzene rings is 1. The van der Waals surface area contributed by atoms with Gasteiger partial charge in [-0.3, -0.25) is 14.9 Å². The summed E-state index contributed by atoms with van der Waals surface area (Å²) in [5, 5.41) is 31.4. The van der Waals surface area contributed by atoms with Gasteiger partial charge in [-0.05, 0) is 50.7 Å². The highest BCUT2D eigenvalue weighted by molar-refractivity contribution is 5.69. The van der Waals surface area contributed by atoms with Crippen molar-refractivity contribution in [3.05, 3.63) is 33.9 Å². The van der Waals surface area contributed by atoms with Crippen LogP contribution in [0, 0.1) is 10.1 Å². The first kappa shape index (κ1) is 22.1. The number of nitrogens with zero attached hydrogens (tertiary/aromatic N) is 2. The number of carboxylic acid groups (broad SMARTS) is 1. The Kier molecular flexibility index (Phi) is 7.41. The molecule has 0 spiro atoms. The smallest absolute Gasteiger partial charge is 0.303 e. The van der Waals surface area contributed by atoms with E-state index in [9.17, 15) is 20.0 Å².